The lowest BCUT2D eigenvalue weighted by Gasteiger charge is -2.60. The van der Waals surface area contributed by atoms with Gasteiger partial charge < -0.3 is 10.4 Å². The highest BCUT2D eigenvalue weighted by atomic mass is 16.3. The molecule has 0 amide bonds. The lowest BCUT2D eigenvalue weighted by molar-refractivity contribution is -0.0423. The van der Waals surface area contributed by atoms with E-state index in [4.69, 9.17) is 0 Å². The Kier molecular flexibility index (Phi) is 3.28. The van der Waals surface area contributed by atoms with Gasteiger partial charge in [-0.15, -0.1) is 0 Å². The second-order valence-corrected chi connectivity index (χ2v) is 8.68. The fraction of sp³-hybridized carbons (Fsp3) is 0.895. The Morgan fingerprint density at radius 3 is 2.86 bits per heavy atom. The molecule has 0 aromatic carbocycles. The zero-order valence-corrected chi connectivity index (χ0v) is 13.7. The molecule has 2 nitrogen and oxygen atoms in total. The average Bonchev–Trinajstić information content (AvgIpc) is 2.47. The van der Waals surface area contributed by atoms with Crippen LogP contribution in [-0.4, -0.2) is 23.3 Å². The first-order valence-corrected chi connectivity index (χ1v) is 9.15. The molecule has 0 aromatic heterocycles. The van der Waals surface area contributed by atoms with E-state index in [2.05, 4.69) is 25.2 Å². The maximum atomic E-state index is 10.0. The second kappa shape index (κ2) is 4.83. The van der Waals surface area contributed by atoms with Crippen molar-refractivity contribution >= 4 is 0 Å². The number of hydrogen-bond acceptors (Lipinski definition) is 2. The van der Waals surface area contributed by atoms with Gasteiger partial charge >= 0.3 is 0 Å². The summed E-state index contributed by atoms with van der Waals surface area (Å²) in [4.78, 5) is 0. The van der Waals surface area contributed by atoms with Crippen molar-refractivity contribution in [1.82, 2.24) is 5.32 Å². The van der Waals surface area contributed by atoms with E-state index in [1.807, 2.05) is 0 Å². The third-order valence-electron chi connectivity index (χ3n) is 7.69. The lowest BCUT2D eigenvalue weighted by Crippen LogP contribution is -2.61. The van der Waals surface area contributed by atoms with Gasteiger partial charge in [0.05, 0.1) is 6.10 Å². The third kappa shape index (κ3) is 2.05. The fourth-order valence-electron chi connectivity index (χ4n) is 6.41. The van der Waals surface area contributed by atoms with Crippen LogP contribution in [-0.2, 0) is 0 Å². The van der Waals surface area contributed by atoms with Gasteiger partial charge in [0.15, 0.2) is 0 Å². The summed E-state index contributed by atoms with van der Waals surface area (Å²) in [6.07, 6.45) is 12.4. The smallest absolute Gasteiger partial charge is 0.0577 e. The molecular weight excluding hydrogens is 258 g/mol. The standard InChI is InChI=1S/C19H31NO/c1-18-9-7-14(21)12-13(18)5-6-15-16(18)8-10-19(2)17(15)4-3-11-20-19/h5,14-17,20-21H,3-4,6-12H2,1-2H3/t14-,15+,16-,17-,18-,19-/m0/s1. The van der Waals surface area contributed by atoms with Crippen molar-refractivity contribution in [1.29, 1.82) is 0 Å². The third-order valence-corrected chi connectivity index (χ3v) is 7.69. The number of aliphatic hydroxyl groups is 1. The number of hydrogen-bond donors (Lipinski definition) is 2. The number of nitrogens with one attached hydrogen (secondary N) is 1. The summed E-state index contributed by atoms with van der Waals surface area (Å²) in [5.41, 5.74) is 2.38. The van der Waals surface area contributed by atoms with E-state index in [1.165, 1.54) is 45.1 Å². The second-order valence-electron chi connectivity index (χ2n) is 8.68. The summed E-state index contributed by atoms with van der Waals surface area (Å²) in [6.45, 7) is 6.22. The molecule has 0 radical (unpaired) electrons. The predicted molar refractivity (Wildman–Crippen MR) is 86.0 cm³/mol. The summed E-state index contributed by atoms with van der Waals surface area (Å²) in [5.74, 6) is 2.61. The Labute approximate surface area is 129 Å². The molecule has 3 aliphatic carbocycles. The van der Waals surface area contributed by atoms with Crippen molar-refractivity contribution in [3.05, 3.63) is 11.6 Å². The van der Waals surface area contributed by atoms with Crippen LogP contribution in [0, 0.1) is 23.2 Å². The molecule has 1 heterocycles. The summed E-state index contributed by atoms with van der Waals surface area (Å²) in [6, 6.07) is 0. The predicted octanol–water partition coefficient (Wildman–Crippen LogP) is 3.65. The Morgan fingerprint density at radius 2 is 2.00 bits per heavy atom. The average molecular weight is 289 g/mol. The molecule has 1 aliphatic heterocycles. The highest BCUT2D eigenvalue weighted by Gasteiger charge is 2.54. The SMILES string of the molecule is C[C@]12CC[C@H](O)CC1=CC[C@@H]1[C@@H]2CC[C@]2(C)NCCC[C@@H]12. The summed E-state index contributed by atoms with van der Waals surface area (Å²) < 4.78 is 0. The molecule has 4 aliphatic rings. The lowest BCUT2D eigenvalue weighted by atomic mass is 9.48. The molecule has 2 saturated carbocycles. The Hall–Kier alpha value is -0.340. The zero-order valence-electron chi connectivity index (χ0n) is 13.7. The number of rotatable bonds is 0. The van der Waals surface area contributed by atoms with Crippen LogP contribution in [0.2, 0.25) is 0 Å². The van der Waals surface area contributed by atoms with Gasteiger partial charge in [-0.2, -0.15) is 0 Å². The van der Waals surface area contributed by atoms with Gasteiger partial charge in [0.25, 0.3) is 0 Å². The van der Waals surface area contributed by atoms with Crippen LogP contribution in [0.1, 0.15) is 65.2 Å². The van der Waals surface area contributed by atoms with Gasteiger partial charge in [0.1, 0.15) is 0 Å². The topological polar surface area (TPSA) is 32.3 Å². The van der Waals surface area contributed by atoms with Gasteiger partial charge in [-0.05, 0) is 88.0 Å². The van der Waals surface area contributed by atoms with E-state index < -0.39 is 0 Å². The van der Waals surface area contributed by atoms with E-state index in [0.29, 0.717) is 11.0 Å². The summed E-state index contributed by atoms with van der Waals surface area (Å²) in [7, 11) is 0. The van der Waals surface area contributed by atoms with Gasteiger partial charge in [-0.25, -0.2) is 0 Å². The van der Waals surface area contributed by atoms with Crippen LogP contribution in [0.15, 0.2) is 11.6 Å². The minimum absolute atomic E-state index is 0.0777. The maximum Gasteiger partial charge on any atom is 0.0577 e. The zero-order chi connectivity index (χ0) is 14.7. The van der Waals surface area contributed by atoms with Gasteiger partial charge in [0.2, 0.25) is 0 Å². The molecule has 118 valence electrons. The van der Waals surface area contributed by atoms with E-state index in [0.717, 1.165) is 30.6 Å². The Balaban J connectivity index is 1.66. The van der Waals surface area contributed by atoms with Gasteiger partial charge in [-0.3, -0.25) is 0 Å². The van der Waals surface area contributed by atoms with Crippen molar-refractivity contribution in [3.8, 4) is 0 Å². The molecule has 1 saturated heterocycles. The Morgan fingerprint density at radius 1 is 1.14 bits per heavy atom. The van der Waals surface area contributed by atoms with Crippen LogP contribution in [0.25, 0.3) is 0 Å². The highest BCUT2D eigenvalue weighted by Crippen LogP contribution is 2.60. The van der Waals surface area contributed by atoms with Crippen molar-refractivity contribution < 1.29 is 5.11 Å². The molecule has 6 atom stereocenters. The van der Waals surface area contributed by atoms with E-state index >= 15 is 0 Å². The molecular formula is C19H31NO. The number of piperidine rings is 1. The van der Waals surface area contributed by atoms with Crippen LogP contribution in [0.4, 0.5) is 0 Å². The molecule has 2 heteroatoms. The minimum Gasteiger partial charge on any atom is -0.393 e. The fourth-order valence-corrected chi connectivity index (χ4v) is 6.41. The van der Waals surface area contributed by atoms with Crippen molar-refractivity contribution in [2.45, 2.75) is 76.9 Å². The quantitative estimate of drug-likeness (QED) is 0.667. The van der Waals surface area contributed by atoms with Gasteiger partial charge in [-0.1, -0.05) is 18.6 Å². The first-order valence-electron chi connectivity index (χ1n) is 9.15. The normalized spacial score (nSPS) is 53.2. The van der Waals surface area contributed by atoms with Crippen LogP contribution in [0.3, 0.4) is 0 Å². The highest BCUT2D eigenvalue weighted by molar-refractivity contribution is 5.25. The van der Waals surface area contributed by atoms with Gasteiger partial charge in [0, 0.05) is 5.54 Å². The van der Waals surface area contributed by atoms with E-state index in [-0.39, 0.29) is 6.10 Å². The van der Waals surface area contributed by atoms with E-state index in [9.17, 15) is 5.11 Å². The maximum absolute atomic E-state index is 10.0. The minimum atomic E-state index is -0.0777. The summed E-state index contributed by atoms with van der Waals surface area (Å²) >= 11 is 0. The molecule has 2 N–H and O–H groups in total. The molecule has 21 heavy (non-hydrogen) atoms. The summed E-state index contributed by atoms with van der Waals surface area (Å²) in [5, 5.41) is 13.9. The molecule has 0 aromatic rings. The van der Waals surface area contributed by atoms with Crippen LogP contribution in [0.5, 0.6) is 0 Å². The van der Waals surface area contributed by atoms with Crippen molar-refractivity contribution in [2.75, 3.05) is 6.54 Å². The Bertz CT molecular complexity index is 458. The van der Waals surface area contributed by atoms with Crippen LogP contribution < -0.4 is 5.32 Å². The largest absolute Gasteiger partial charge is 0.393 e. The van der Waals surface area contributed by atoms with Crippen LogP contribution >= 0.6 is 0 Å². The number of allylic oxidation sites excluding steroid dienone is 1. The molecule has 0 bridgehead atoms. The number of aliphatic hydroxyl groups excluding tert-OH is 1. The molecule has 0 unspecified atom stereocenters. The monoisotopic (exact) mass is 289 g/mol. The molecule has 0 spiro atoms. The van der Waals surface area contributed by atoms with Crippen molar-refractivity contribution in [3.63, 3.8) is 0 Å². The van der Waals surface area contributed by atoms with E-state index in [1.54, 1.807) is 5.57 Å². The first kappa shape index (κ1) is 14.3. The molecule has 4 rings (SSSR count). The van der Waals surface area contributed by atoms with Crippen molar-refractivity contribution in [2.24, 2.45) is 23.2 Å². The molecule has 3 fully saturated rings. The number of fused-ring (bicyclic) bond motifs is 5. The first-order chi connectivity index (χ1) is 10.0.